The normalized spacial score (nSPS) is 15.2. The zero-order valence-electron chi connectivity index (χ0n) is 8.78. The van der Waals surface area contributed by atoms with Gasteiger partial charge < -0.3 is 0 Å². The van der Waals surface area contributed by atoms with Crippen molar-refractivity contribution in [2.75, 3.05) is 0 Å². The van der Waals surface area contributed by atoms with Gasteiger partial charge in [0.15, 0.2) is 10.6 Å². The summed E-state index contributed by atoms with van der Waals surface area (Å²) in [4.78, 5) is 0. The fourth-order valence-corrected chi connectivity index (χ4v) is 2.14. The number of aromatic amines is 1. The number of nitrogens with one attached hydrogen (secondary N) is 1. The summed E-state index contributed by atoms with van der Waals surface area (Å²) in [5, 5.41) is 6.71. The maximum Gasteiger partial charge on any atom is 0.195 e. The van der Waals surface area contributed by atoms with Gasteiger partial charge in [-0.1, -0.05) is 0 Å². The van der Waals surface area contributed by atoms with Crippen LogP contribution in [-0.2, 0) is 0 Å². The van der Waals surface area contributed by atoms with Gasteiger partial charge in [0.2, 0.25) is 0 Å². The van der Waals surface area contributed by atoms with Gasteiger partial charge in [0, 0.05) is 17.7 Å². The van der Waals surface area contributed by atoms with Crippen LogP contribution in [0.5, 0.6) is 0 Å². The van der Waals surface area contributed by atoms with Crippen LogP contribution in [-0.4, -0.2) is 14.8 Å². The average molecular weight is 253 g/mol. The molecule has 0 atom stereocenters. The van der Waals surface area contributed by atoms with Gasteiger partial charge in [0.25, 0.3) is 0 Å². The van der Waals surface area contributed by atoms with Gasteiger partial charge in [-0.3, -0.25) is 9.67 Å². The Morgan fingerprint density at radius 2 is 1.88 bits per heavy atom. The van der Waals surface area contributed by atoms with Crippen LogP contribution in [0, 0.1) is 16.4 Å². The van der Waals surface area contributed by atoms with Crippen molar-refractivity contribution in [1.29, 1.82) is 0 Å². The fourth-order valence-electron chi connectivity index (χ4n) is 1.86. The minimum absolute atomic E-state index is 0.308. The summed E-state index contributed by atoms with van der Waals surface area (Å²) in [6.45, 7) is 0. The minimum Gasteiger partial charge on any atom is -0.297 e. The largest absolute Gasteiger partial charge is 0.297 e. The zero-order chi connectivity index (χ0) is 12.0. The van der Waals surface area contributed by atoms with Crippen LogP contribution < -0.4 is 0 Å². The Morgan fingerprint density at radius 3 is 2.47 bits per heavy atom. The fraction of sp³-hybridized carbons (Fsp3) is 0.273. The third kappa shape index (κ3) is 1.88. The maximum atomic E-state index is 13.2. The summed E-state index contributed by atoms with van der Waals surface area (Å²) in [6, 6.07) is 3.66. The third-order valence-corrected chi connectivity index (χ3v) is 3.03. The van der Waals surface area contributed by atoms with Crippen LogP contribution in [0.2, 0.25) is 0 Å². The van der Waals surface area contributed by atoms with Crippen molar-refractivity contribution < 1.29 is 8.78 Å². The Kier molecular flexibility index (Phi) is 2.32. The van der Waals surface area contributed by atoms with Gasteiger partial charge in [0.05, 0.1) is 0 Å². The Morgan fingerprint density at radius 1 is 1.24 bits per heavy atom. The predicted molar refractivity (Wildman–Crippen MR) is 61.0 cm³/mol. The molecule has 1 heterocycles. The van der Waals surface area contributed by atoms with Crippen molar-refractivity contribution in [3.8, 4) is 11.4 Å². The molecule has 1 saturated carbocycles. The second-order valence-electron chi connectivity index (χ2n) is 4.11. The molecular formula is C11H9F2N3S. The van der Waals surface area contributed by atoms with E-state index in [0.29, 0.717) is 22.2 Å². The first kappa shape index (κ1) is 10.6. The molecule has 88 valence electrons. The SMILES string of the molecule is Fc1cc(F)cc(-c2n[nH]c(=S)n2C2CC2)c1. The standard InChI is InChI=1S/C11H9F2N3S/c12-7-3-6(4-8(13)5-7)10-14-15-11(17)16(10)9-1-2-9/h3-5,9H,1-2H2,(H,15,17). The van der Waals surface area contributed by atoms with Crippen LogP contribution in [0.3, 0.4) is 0 Å². The molecule has 0 radical (unpaired) electrons. The van der Waals surface area contributed by atoms with Gasteiger partial charge >= 0.3 is 0 Å². The Hall–Kier alpha value is -1.56. The van der Waals surface area contributed by atoms with Crippen molar-refractivity contribution in [2.24, 2.45) is 0 Å². The lowest BCUT2D eigenvalue weighted by molar-refractivity contribution is 0.583. The van der Waals surface area contributed by atoms with E-state index >= 15 is 0 Å². The zero-order valence-corrected chi connectivity index (χ0v) is 9.60. The molecule has 1 aliphatic rings. The van der Waals surface area contributed by atoms with Crippen LogP contribution in [0.1, 0.15) is 18.9 Å². The smallest absolute Gasteiger partial charge is 0.195 e. The number of halogens is 2. The summed E-state index contributed by atoms with van der Waals surface area (Å²) in [5.74, 6) is -0.733. The summed E-state index contributed by atoms with van der Waals surface area (Å²) in [7, 11) is 0. The number of aromatic nitrogens is 3. The summed E-state index contributed by atoms with van der Waals surface area (Å²) >= 11 is 5.11. The van der Waals surface area contributed by atoms with E-state index in [1.54, 1.807) is 0 Å². The Balaban J connectivity index is 2.17. The van der Waals surface area contributed by atoms with E-state index in [1.807, 2.05) is 4.57 Å². The van der Waals surface area contributed by atoms with Gasteiger partial charge in [-0.05, 0) is 37.2 Å². The van der Waals surface area contributed by atoms with Crippen LogP contribution >= 0.6 is 12.2 Å². The molecule has 1 aromatic heterocycles. The highest BCUT2D eigenvalue weighted by Gasteiger charge is 2.27. The van der Waals surface area contributed by atoms with E-state index in [2.05, 4.69) is 10.2 Å². The van der Waals surface area contributed by atoms with Crippen LogP contribution in [0.25, 0.3) is 11.4 Å². The van der Waals surface area contributed by atoms with Crippen molar-refractivity contribution in [1.82, 2.24) is 14.8 Å². The molecule has 3 rings (SSSR count). The molecule has 0 saturated heterocycles. The van der Waals surface area contributed by atoms with E-state index in [0.717, 1.165) is 18.9 Å². The molecule has 1 aromatic carbocycles. The molecule has 1 aliphatic carbocycles. The highest BCUT2D eigenvalue weighted by Crippen LogP contribution is 2.38. The molecule has 1 fully saturated rings. The molecule has 3 nitrogen and oxygen atoms in total. The molecular weight excluding hydrogens is 244 g/mol. The van der Waals surface area contributed by atoms with Crippen LogP contribution in [0.4, 0.5) is 8.78 Å². The summed E-state index contributed by atoms with van der Waals surface area (Å²) < 4.78 is 28.6. The van der Waals surface area contributed by atoms with Crippen molar-refractivity contribution in [3.63, 3.8) is 0 Å². The monoisotopic (exact) mass is 253 g/mol. The van der Waals surface area contributed by atoms with Crippen LogP contribution in [0.15, 0.2) is 18.2 Å². The first-order valence-corrected chi connectivity index (χ1v) is 5.69. The topological polar surface area (TPSA) is 33.6 Å². The molecule has 6 heteroatoms. The lowest BCUT2D eigenvalue weighted by atomic mass is 10.2. The number of hydrogen-bond donors (Lipinski definition) is 1. The first-order chi connectivity index (χ1) is 8.15. The average Bonchev–Trinajstić information content (AvgIpc) is 3.01. The first-order valence-electron chi connectivity index (χ1n) is 5.28. The minimum atomic E-state index is -0.615. The maximum absolute atomic E-state index is 13.2. The third-order valence-electron chi connectivity index (χ3n) is 2.74. The van der Waals surface area contributed by atoms with Gasteiger partial charge in [0.1, 0.15) is 11.6 Å². The second kappa shape index (κ2) is 3.73. The van der Waals surface area contributed by atoms with Gasteiger partial charge in [-0.15, -0.1) is 0 Å². The van der Waals surface area contributed by atoms with Gasteiger partial charge in [-0.25, -0.2) is 8.78 Å². The Bertz CT molecular complexity index is 608. The number of nitrogens with zero attached hydrogens (tertiary/aromatic N) is 2. The second-order valence-corrected chi connectivity index (χ2v) is 4.50. The lowest BCUT2D eigenvalue weighted by Gasteiger charge is -2.05. The quantitative estimate of drug-likeness (QED) is 0.834. The van der Waals surface area contributed by atoms with Crippen molar-refractivity contribution in [3.05, 3.63) is 34.6 Å². The molecule has 0 spiro atoms. The van der Waals surface area contributed by atoms with Gasteiger partial charge in [-0.2, -0.15) is 5.10 Å². The van der Waals surface area contributed by atoms with Crippen molar-refractivity contribution >= 4 is 12.2 Å². The molecule has 0 amide bonds. The number of H-pyrrole nitrogens is 1. The molecule has 1 N–H and O–H groups in total. The molecule has 2 aromatic rings. The summed E-state index contributed by atoms with van der Waals surface area (Å²) in [5.41, 5.74) is 0.404. The van der Waals surface area contributed by atoms with E-state index in [9.17, 15) is 8.78 Å². The van der Waals surface area contributed by atoms with E-state index in [4.69, 9.17) is 12.2 Å². The highest BCUT2D eigenvalue weighted by atomic mass is 32.1. The van der Waals surface area contributed by atoms with Crippen molar-refractivity contribution in [2.45, 2.75) is 18.9 Å². The molecule has 0 aliphatic heterocycles. The molecule has 0 bridgehead atoms. The molecule has 0 unspecified atom stereocenters. The number of benzene rings is 1. The lowest BCUT2D eigenvalue weighted by Crippen LogP contribution is -1.98. The number of rotatable bonds is 2. The number of hydrogen-bond acceptors (Lipinski definition) is 2. The molecule has 17 heavy (non-hydrogen) atoms. The van der Waals surface area contributed by atoms with E-state index in [-0.39, 0.29) is 0 Å². The van der Waals surface area contributed by atoms with E-state index in [1.165, 1.54) is 12.1 Å². The predicted octanol–water partition coefficient (Wildman–Crippen LogP) is 3.22. The van der Waals surface area contributed by atoms with E-state index < -0.39 is 11.6 Å². The Labute approximate surface area is 101 Å². The highest BCUT2D eigenvalue weighted by molar-refractivity contribution is 7.71. The summed E-state index contributed by atoms with van der Waals surface area (Å²) in [6.07, 6.45) is 2.05.